The average Bonchev–Trinajstić information content (AvgIpc) is 3.21. The van der Waals surface area contributed by atoms with E-state index in [0.717, 1.165) is 5.56 Å². The van der Waals surface area contributed by atoms with Crippen LogP contribution in [0.3, 0.4) is 0 Å². The number of amides is 1. The molecular formula is C15H19NO3. The zero-order valence-electron chi connectivity index (χ0n) is 11.3. The number of esters is 1. The molecule has 1 atom stereocenters. The molecule has 0 saturated heterocycles. The van der Waals surface area contributed by atoms with Crippen LogP contribution >= 0.6 is 0 Å². The monoisotopic (exact) mass is 261 g/mol. The third-order valence-corrected chi connectivity index (χ3v) is 3.34. The second-order valence-corrected chi connectivity index (χ2v) is 5.14. The number of aryl methyl sites for hydroxylation is 1. The van der Waals surface area contributed by atoms with E-state index in [1.165, 1.54) is 12.8 Å². The fraction of sp³-hybridized carbons (Fsp3) is 0.467. The van der Waals surface area contributed by atoms with Gasteiger partial charge in [0, 0.05) is 6.04 Å². The second-order valence-electron chi connectivity index (χ2n) is 5.14. The number of carbonyl (C=O) groups is 2. The maximum Gasteiger partial charge on any atom is 0.338 e. The van der Waals surface area contributed by atoms with Gasteiger partial charge in [0.05, 0.1) is 5.56 Å². The molecule has 4 nitrogen and oxygen atoms in total. The summed E-state index contributed by atoms with van der Waals surface area (Å²) in [5, 5.41) is 2.84. The molecule has 1 amide bonds. The molecule has 0 spiro atoms. The van der Waals surface area contributed by atoms with Gasteiger partial charge in [0.25, 0.3) is 5.91 Å². The van der Waals surface area contributed by atoms with E-state index in [0.29, 0.717) is 11.5 Å². The minimum atomic E-state index is -0.464. The highest BCUT2D eigenvalue weighted by molar-refractivity contribution is 5.91. The standard InChI is InChI=1S/C15H19NO3/c1-10-3-5-13(6-4-10)15(18)19-9-14(17)16-11(2)12-7-8-12/h3-6,11-12H,7-9H2,1-2H3,(H,16,17)/t11-/m0/s1. The highest BCUT2D eigenvalue weighted by Crippen LogP contribution is 2.32. The first kappa shape index (κ1) is 13.6. The van der Waals surface area contributed by atoms with Crippen LogP contribution < -0.4 is 5.32 Å². The Morgan fingerprint density at radius 1 is 1.32 bits per heavy atom. The van der Waals surface area contributed by atoms with Crippen LogP contribution in [0.5, 0.6) is 0 Å². The first-order valence-corrected chi connectivity index (χ1v) is 6.59. The number of nitrogens with one attached hydrogen (secondary N) is 1. The number of benzene rings is 1. The van der Waals surface area contributed by atoms with Crippen molar-refractivity contribution in [3.05, 3.63) is 35.4 Å². The molecule has 1 N–H and O–H groups in total. The summed E-state index contributed by atoms with van der Waals surface area (Å²) in [7, 11) is 0. The van der Waals surface area contributed by atoms with Crippen LogP contribution in [0.25, 0.3) is 0 Å². The smallest absolute Gasteiger partial charge is 0.338 e. The first-order chi connectivity index (χ1) is 9.06. The van der Waals surface area contributed by atoms with E-state index in [1.807, 2.05) is 26.0 Å². The lowest BCUT2D eigenvalue weighted by molar-refractivity contribution is -0.124. The SMILES string of the molecule is Cc1ccc(C(=O)OCC(=O)N[C@@H](C)C2CC2)cc1. The van der Waals surface area contributed by atoms with Gasteiger partial charge in [-0.3, -0.25) is 4.79 Å². The Bertz CT molecular complexity index is 463. The minimum absolute atomic E-state index is 0.172. The lowest BCUT2D eigenvalue weighted by Crippen LogP contribution is -2.37. The topological polar surface area (TPSA) is 55.4 Å². The third kappa shape index (κ3) is 4.09. The van der Waals surface area contributed by atoms with Crippen LogP contribution in [0.2, 0.25) is 0 Å². The zero-order chi connectivity index (χ0) is 13.8. The van der Waals surface area contributed by atoms with Gasteiger partial charge in [-0.2, -0.15) is 0 Å². The van der Waals surface area contributed by atoms with Gasteiger partial charge in [-0.25, -0.2) is 4.79 Å². The van der Waals surface area contributed by atoms with E-state index in [-0.39, 0.29) is 18.6 Å². The lowest BCUT2D eigenvalue weighted by Gasteiger charge is -2.12. The normalized spacial score (nSPS) is 15.7. The molecule has 1 aliphatic rings. The molecule has 4 heteroatoms. The van der Waals surface area contributed by atoms with Crippen LogP contribution in [-0.2, 0) is 9.53 Å². The molecule has 0 aromatic heterocycles. The number of hydrogen-bond donors (Lipinski definition) is 1. The predicted octanol–water partition coefficient (Wildman–Crippen LogP) is 2.07. The van der Waals surface area contributed by atoms with Crippen molar-refractivity contribution in [1.29, 1.82) is 0 Å². The second kappa shape index (κ2) is 5.87. The van der Waals surface area contributed by atoms with Gasteiger partial charge in [-0.15, -0.1) is 0 Å². The van der Waals surface area contributed by atoms with E-state index in [9.17, 15) is 9.59 Å². The minimum Gasteiger partial charge on any atom is -0.452 e. The van der Waals surface area contributed by atoms with Crippen LogP contribution in [0.4, 0.5) is 0 Å². The summed E-state index contributed by atoms with van der Waals surface area (Å²) >= 11 is 0. The van der Waals surface area contributed by atoms with Crippen LogP contribution in [0, 0.1) is 12.8 Å². The van der Waals surface area contributed by atoms with E-state index >= 15 is 0 Å². The van der Waals surface area contributed by atoms with Gasteiger partial charge >= 0.3 is 5.97 Å². The highest BCUT2D eigenvalue weighted by Gasteiger charge is 2.28. The number of ether oxygens (including phenoxy) is 1. The van der Waals surface area contributed by atoms with Crippen LogP contribution in [0.15, 0.2) is 24.3 Å². The molecule has 2 rings (SSSR count). The number of hydrogen-bond acceptors (Lipinski definition) is 3. The Morgan fingerprint density at radius 3 is 2.53 bits per heavy atom. The molecule has 1 aromatic carbocycles. The van der Waals surface area contributed by atoms with Crippen LogP contribution in [0.1, 0.15) is 35.7 Å². The summed E-state index contributed by atoms with van der Waals surface area (Å²) in [6.07, 6.45) is 2.34. The van der Waals surface area contributed by atoms with Crippen molar-refractivity contribution >= 4 is 11.9 Å². The van der Waals surface area contributed by atoms with Crippen molar-refractivity contribution in [2.45, 2.75) is 32.7 Å². The fourth-order valence-electron chi connectivity index (χ4n) is 1.91. The molecule has 0 heterocycles. The average molecular weight is 261 g/mol. The van der Waals surface area contributed by atoms with Crippen LogP contribution in [-0.4, -0.2) is 24.5 Å². The van der Waals surface area contributed by atoms with Gasteiger partial charge in [-0.1, -0.05) is 17.7 Å². The summed E-state index contributed by atoms with van der Waals surface area (Å²) in [4.78, 5) is 23.3. The van der Waals surface area contributed by atoms with E-state index in [4.69, 9.17) is 4.74 Å². The fourth-order valence-corrected chi connectivity index (χ4v) is 1.91. The Labute approximate surface area is 113 Å². The zero-order valence-corrected chi connectivity index (χ0v) is 11.3. The molecule has 1 saturated carbocycles. The molecule has 1 fully saturated rings. The first-order valence-electron chi connectivity index (χ1n) is 6.59. The van der Waals surface area contributed by atoms with Crippen molar-refractivity contribution in [1.82, 2.24) is 5.32 Å². The Kier molecular flexibility index (Phi) is 4.20. The molecule has 0 radical (unpaired) electrons. The van der Waals surface area contributed by atoms with E-state index < -0.39 is 5.97 Å². The quantitative estimate of drug-likeness (QED) is 0.825. The van der Waals surface area contributed by atoms with Gasteiger partial charge in [0.2, 0.25) is 0 Å². The van der Waals surface area contributed by atoms with Gasteiger partial charge < -0.3 is 10.1 Å². The summed E-state index contributed by atoms with van der Waals surface area (Å²) in [6.45, 7) is 3.71. The predicted molar refractivity (Wildman–Crippen MR) is 71.8 cm³/mol. The van der Waals surface area contributed by atoms with Crippen molar-refractivity contribution < 1.29 is 14.3 Å². The molecule has 1 aromatic rings. The highest BCUT2D eigenvalue weighted by atomic mass is 16.5. The Morgan fingerprint density at radius 2 is 1.95 bits per heavy atom. The maximum absolute atomic E-state index is 11.7. The molecule has 0 unspecified atom stereocenters. The third-order valence-electron chi connectivity index (χ3n) is 3.34. The summed E-state index contributed by atoms with van der Waals surface area (Å²) < 4.78 is 4.98. The summed E-state index contributed by atoms with van der Waals surface area (Å²) in [5.74, 6) is -0.106. The Hall–Kier alpha value is -1.84. The number of carbonyl (C=O) groups excluding carboxylic acids is 2. The van der Waals surface area contributed by atoms with Crippen molar-refractivity contribution in [3.63, 3.8) is 0 Å². The summed E-state index contributed by atoms with van der Waals surface area (Å²) in [6, 6.07) is 7.24. The summed E-state index contributed by atoms with van der Waals surface area (Å²) in [5.41, 5.74) is 1.54. The van der Waals surface area contributed by atoms with Gasteiger partial charge in [0.1, 0.15) is 0 Å². The molecule has 0 aliphatic heterocycles. The Balaban J connectivity index is 1.76. The van der Waals surface area contributed by atoms with Gasteiger partial charge in [0.15, 0.2) is 6.61 Å². The molecule has 19 heavy (non-hydrogen) atoms. The molecular weight excluding hydrogens is 242 g/mol. The van der Waals surface area contributed by atoms with E-state index in [1.54, 1.807) is 12.1 Å². The molecule has 1 aliphatic carbocycles. The van der Waals surface area contributed by atoms with Gasteiger partial charge in [-0.05, 0) is 44.7 Å². The molecule has 0 bridgehead atoms. The largest absolute Gasteiger partial charge is 0.452 e. The maximum atomic E-state index is 11.7. The van der Waals surface area contributed by atoms with Crippen molar-refractivity contribution in [2.75, 3.05) is 6.61 Å². The van der Waals surface area contributed by atoms with Crippen molar-refractivity contribution in [2.24, 2.45) is 5.92 Å². The molecule has 102 valence electrons. The lowest BCUT2D eigenvalue weighted by atomic mass is 10.1. The van der Waals surface area contributed by atoms with E-state index in [2.05, 4.69) is 5.32 Å². The van der Waals surface area contributed by atoms with Crippen molar-refractivity contribution in [3.8, 4) is 0 Å². The number of rotatable bonds is 5.